The molecule has 0 amide bonds. The molecule has 3 atom stereocenters. The first-order valence-electron chi connectivity index (χ1n) is 6.89. The molecule has 0 N–H and O–H groups in total. The first kappa shape index (κ1) is 14.0. The quantitative estimate of drug-likeness (QED) is 0.567. The van der Waals surface area contributed by atoms with Gasteiger partial charge in [0.1, 0.15) is 6.10 Å². The number of fused-ring (bicyclic) bond motifs is 1. The maximum atomic E-state index is 11.7. The fourth-order valence-electron chi connectivity index (χ4n) is 3.26. The van der Waals surface area contributed by atoms with Crippen molar-refractivity contribution < 1.29 is 14.3 Å². The Labute approximate surface area is 114 Å². The number of ketones is 1. The maximum absolute atomic E-state index is 11.7. The summed E-state index contributed by atoms with van der Waals surface area (Å²) in [6.45, 7) is 9.59. The monoisotopic (exact) mass is 262 g/mol. The molecule has 2 aliphatic rings. The first-order chi connectivity index (χ1) is 8.83. The van der Waals surface area contributed by atoms with Gasteiger partial charge in [0.15, 0.2) is 5.78 Å². The Balaban J connectivity index is 2.35. The zero-order valence-electron chi connectivity index (χ0n) is 12.0. The van der Waals surface area contributed by atoms with Crippen molar-refractivity contribution >= 4 is 11.8 Å². The van der Waals surface area contributed by atoms with Crippen LogP contribution in [0, 0.1) is 11.3 Å². The Morgan fingerprint density at radius 2 is 2.16 bits per heavy atom. The second kappa shape index (κ2) is 4.95. The molecule has 3 heteroatoms. The van der Waals surface area contributed by atoms with Crippen molar-refractivity contribution in [1.29, 1.82) is 0 Å². The highest BCUT2D eigenvalue weighted by molar-refractivity contribution is 5.91. The van der Waals surface area contributed by atoms with Crippen molar-refractivity contribution in [3.05, 3.63) is 23.8 Å². The van der Waals surface area contributed by atoms with Gasteiger partial charge in [0.2, 0.25) is 0 Å². The first-order valence-corrected chi connectivity index (χ1v) is 6.89. The van der Waals surface area contributed by atoms with Crippen LogP contribution in [0.1, 0.15) is 46.5 Å². The summed E-state index contributed by atoms with van der Waals surface area (Å²) in [6.07, 6.45) is 4.65. The molecule has 0 spiro atoms. The van der Waals surface area contributed by atoms with Gasteiger partial charge >= 0.3 is 5.97 Å². The minimum atomic E-state index is -0.246. The van der Waals surface area contributed by atoms with E-state index in [1.807, 2.05) is 6.92 Å². The van der Waals surface area contributed by atoms with Crippen molar-refractivity contribution in [2.75, 3.05) is 0 Å². The Morgan fingerprint density at radius 3 is 2.74 bits per heavy atom. The number of hydrogen-bond acceptors (Lipinski definition) is 3. The third-order valence-electron chi connectivity index (χ3n) is 4.64. The number of carbonyl (C=O) groups excluding carboxylic acids is 2. The minimum Gasteiger partial charge on any atom is -0.462 e. The van der Waals surface area contributed by atoms with Crippen molar-refractivity contribution in [2.45, 2.75) is 52.6 Å². The third-order valence-corrected chi connectivity index (χ3v) is 4.64. The normalized spacial score (nSPS) is 34.3. The molecule has 0 aromatic heterocycles. The van der Waals surface area contributed by atoms with Gasteiger partial charge in [-0.1, -0.05) is 24.6 Å². The molecular weight excluding hydrogens is 240 g/mol. The number of ether oxygens (including phenoxy) is 1. The van der Waals surface area contributed by atoms with E-state index >= 15 is 0 Å². The lowest BCUT2D eigenvalue weighted by atomic mass is 9.60. The highest BCUT2D eigenvalue weighted by atomic mass is 16.5. The van der Waals surface area contributed by atoms with Crippen LogP contribution in [-0.2, 0) is 14.3 Å². The summed E-state index contributed by atoms with van der Waals surface area (Å²) in [5, 5.41) is 0. The van der Waals surface area contributed by atoms with E-state index in [2.05, 4.69) is 13.5 Å². The lowest BCUT2D eigenvalue weighted by Gasteiger charge is -2.47. The molecule has 0 radical (unpaired) electrons. The summed E-state index contributed by atoms with van der Waals surface area (Å²) >= 11 is 0. The van der Waals surface area contributed by atoms with E-state index in [9.17, 15) is 9.59 Å². The van der Waals surface area contributed by atoms with Gasteiger partial charge in [-0.25, -0.2) is 0 Å². The molecule has 104 valence electrons. The molecule has 2 rings (SSSR count). The fraction of sp³-hybridized carbons (Fsp3) is 0.625. The summed E-state index contributed by atoms with van der Waals surface area (Å²) in [5.74, 6) is 0.246. The van der Waals surface area contributed by atoms with Gasteiger partial charge in [0.25, 0.3) is 0 Å². The lowest BCUT2D eigenvalue weighted by molar-refractivity contribution is -0.155. The summed E-state index contributed by atoms with van der Waals surface area (Å²) in [4.78, 5) is 23.0. The average Bonchev–Trinajstić information content (AvgIpc) is 2.30. The van der Waals surface area contributed by atoms with E-state index in [-0.39, 0.29) is 23.3 Å². The van der Waals surface area contributed by atoms with Crippen LogP contribution >= 0.6 is 0 Å². The highest BCUT2D eigenvalue weighted by Crippen LogP contribution is 2.50. The molecule has 3 nitrogen and oxygen atoms in total. The lowest BCUT2D eigenvalue weighted by Crippen LogP contribution is -2.45. The van der Waals surface area contributed by atoms with Crippen LogP contribution in [0.2, 0.25) is 0 Å². The summed E-state index contributed by atoms with van der Waals surface area (Å²) in [6, 6.07) is 0. The zero-order valence-corrected chi connectivity index (χ0v) is 12.0. The summed E-state index contributed by atoms with van der Waals surface area (Å²) in [7, 11) is 0. The van der Waals surface area contributed by atoms with Crippen LogP contribution in [0.4, 0.5) is 0 Å². The molecular formula is C16H22O3. The maximum Gasteiger partial charge on any atom is 0.302 e. The van der Waals surface area contributed by atoms with Gasteiger partial charge in [-0.2, -0.15) is 0 Å². The van der Waals surface area contributed by atoms with Gasteiger partial charge < -0.3 is 4.74 Å². The highest BCUT2D eigenvalue weighted by Gasteiger charge is 2.47. The number of rotatable bonds is 2. The molecule has 2 aliphatic carbocycles. The average molecular weight is 262 g/mol. The third kappa shape index (κ3) is 2.65. The summed E-state index contributed by atoms with van der Waals surface area (Å²) < 4.78 is 5.55. The zero-order chi connectivity index (χ0) is 14.2. The number of carbonyl (C=O) groups is 2. The smallest absolute Gasteiger partial charge is 0.302 e. The fourth-order valence-corrected chi connectivity index (χ4v) is 3.26. The molecule has 0 bridgehead atoms. The van der Waals surface area contributed by atoms with Gasteiger partial charge in [-0.3, -0.25) is 9.59 Å². The van der Waals surface area contributed by atoms with Crippen molar-refractivity contribution in [1.82, 2.24) is 0 Å². The van der Waals surface area contributed by atoms with Gasteiger partial charge in [-0.05, 0) is 38.2 Å². The van der Waals surface area contributed by atoms with E-state index in [4.69, 9.17) is 4.74 Å². The van der Waals surface area contributed by atoms with Crippen LogP contribution in [0.15, 0.2) is 23.8 Å². The largest absolute Gasteiger partial charge is 0.462 e. The van der Waals surface area contributed by atoms with Crippen LogP contribution in [0.3, 0.4) is 0 Å². The second-order valence-corrected chi connectivity index (χ2v) is 6.13. The predicted octanol–water partition coefficient (Wildman–Crippen LogP) is 3.20. The Bertz CT molecular complexity index is 461. The SMILES string of the molecule is C=C(C)[C@H]1CC2=CC(=O)CC[C@@]2(C)[C@H](OC(C)=O)C1. The van der Waals surface area contributed by atoms with E-state index in [1.165, 1.54) is 6.92 Å². The van der Waals surface area contributed by atoms with Crippen LogP contribution in [0.25, 0.3) is 0 Å². The predicted molar refractivity (Wildman–Crippen MR) is 73.5 cm³/mol. The summed E-state index contributed by atoms with van der Waals surface area (Å²) in [5.41, 5.74) is 2.05. The molecule has 0 aliphatic heterocycles. The number of hydrogen-bond donors (Lipinski definition) is 0. The van der Waals surface area contributed by atoms with Crippen LogP contribution in [-0.4, -0.2) is 17.9 Å². The van der Waals surface area contributed by atoms with Gasteiger partial charge in [-0.15, -0.1) is 0 Å². The Hall–Kier alpha value is -1.38. The van der Waals surface area contributed by atoms with E-state index in [0.717, 1.165) is 30.4 Å². The van der Waals surface area contributed by atoms with Gasteiger partial charge in [0.05, 0.1) is 0 Å². The van der Waals surface area contributed by atoms with Crippen LogP contribution in [0.5, 0.6) is 0 Å². The van der Waals surface area contributed by atoms with Crippen molar-refractivity contribution in [2.24, 2.45) is 11.3 Å². The molecule has 1 fully saturated rings. The van der Waals surface area contributed by atoms with E-state index < -0.39 is 0 Å². The second-order valence-electron chi connectivity index (χ2n) is 6.13. The molecule has 19 heavy (non-hydrogen) atoms. The standard InChI is InChI=1S/C16H22O3/c1-10(2)12-7-13-9-14(18)5-6-16(13,4)15(8-12)19-11(3)17/h9,12,15H,1,5-8H2,2-4H3/t12-,15+,16+/m0/s1. The molecule has 0 saturated heterocycles. The van der Waals surface area contributed by atoms with Crippen molar-refractivity contribution in [3.8, 4) is 0 Å². The minimum absolute atomic E-state index is 0.139. The molecule has 0 unspecified atom stereocenters. The number of allylic oxidation sites excluding steroid dienone is 2. The number of esters is 1. The van der Waals surface area contributed by atoms with Gasteiger partial charge in [0, 0.05) is 18.8 Å². The molecule has 0 heterocycles. The molecule has 0 aromatic rings. The van der Waals surface area contributed by atoms with E-state index in [0.29, 0.717) is 12.3 Å². The van der Waals surface area contributed by atoms with Crippen molar-refractivity contribution in [3.63, 3.8) is 0 Å². The van der Waals surface area contributed by atoms with E-state index in [1.54, 1.807) is 6.08 Å². The Morgan fingerprint density at radius 1 is 1.47 bits per heavy atom. The molecule has 1 saturated carbocycles. The van der Waals surface area contributed by atoms with Crippen LogP contribution < -0.4 is 0 Å². The Kier molecular flexibility index (Phi) is 3.66. The molecule has 0 aromatic carbocycles. The topological polar surface area (TPSA) is 43.4 Å².